The molecule has 2 atom stereocenters. The Morgan fingerprint density at radius 1 is 0.692 bits per heavy atom. The predicted octanol–water partition coefficient (Wildman–Crippen LogP) is 3.26. The van der Waals surface area contributed by atoms with E-state index in [4.69, 9.17) is 0 Å². The first-order chi connectivity index (χ1) is 12.5. The van der Waals surface area contributed by atoms with Crippen molar-refractivity contribution in [3.05, 3.63) is 71.8 Å². The minimum Gasteiger partial charge on any atom is -0.353 e. The zero-order chi connectivity index (χ0) is 18.8. The molecule has 0 aliphatic rings. The lowest BCUT2D eigenvalue weighted by atomic mass is 10.1. The second kappa shape index (κ2) is 10.4. The minimum absolute atomic E-state index is 0.0463. The Morgan fingerprint density at radius 2 is 1.04 bits per heavy atom. The van der Waals surface area contributed by atoms with E-state index >= 15 is 0 Å². The van der Waals surface area contributed by atoms with Crippen LogP contribution in [0.4, 0.5) is 0 Å². The Bertz CT molecular complexity index is 624. The summed E-state index contributed by atoms with van der Waals surface area (Å²) < 4.78 is 0. The van der Waals surface area contributed by atoms with Gasteiger partial charge in [-0.25, -0.2) is 0 Å². The summed E-state index contributed by atoms with van der Waals surface area (Å²) in [4.78, 5) is 24.1. The average molecular weight is 352 g/mol. The van der Waals surface area contributed by atoms with Crippen molar-refractivity contribution in [1.29, 1.82) is 0 Å². The first kappa shape index (κ1) is 19.7. The maximum Gasteiger partial charge on any atom is 0.220 e. The van der Waals surface area contributed by atoms with Crippen molar-refractivity contribution in [2.75, 3.05) is 0 Å². The van der Waals surface area contributed by atoms with Crippen molar-refractivity contribution in [1.82, 2.24) is 10.6 Å². The van der Waals surface area contributed by atoms with Crippen LogP contribution < -0.4 is 10.6 Å². The summed E-state index contributed by atoms with van der Waals surface area (Å²) in [5.74, 6) is -0.168. The number of carbonyl (C=O) groups excluding carboxylic acids is 2. The monoisotopic (exact) mass is 352 g/mol. The van der Waals surface area contributed by atoms with Crippen LogP contribution in [0.5, 0.6) is 0 Å². The molecule has 0 aliphatic heterocycles. The molecule has 0 radical (unpaired) electrons. The molecule has 2 amide bonds. The van der Waals surface area contributed by atoms with Gasteiger partial charge < -0.3 is 10.6 Å². The number of rotatable bonds is 9. The van der Waals surface area contributed by atoms with Gasteiger partial charge in [0.05, 0.1) is 0 Å². The van der Waals surface area contributed by atoms with Crippen LogP contribution in [0.1, 0.15) is 37.8 Å². The molecule has 0 heterocycles. The molecule has 0 aliphatic carbocycles. The van der Waals surface area contributed by atoms with Gasteiger partial charge in [-0.05, 0) is 37.8 Å². The Kier molecular flexibility index (Phi) is 7.87. The van der Waals surface area contributed by atoms with Crippen LogP contribution in [0, 0.1) is 0 Å². The predicted molar refractivity (Wildman–Crippen MR) is 105 cm³/mol. The number of benzene rings is 2. The lowest BCUT2D eigenvalue weighted by molar-refractivity contribution is -0.127. The van der Waals surface area contributed by atoms with Crippen molar-refractivity contribution < 1.29 is 9.59 Å². The molecule has 0 saturated carbocycles. The Morgan fingerprint density at radius 3 is 1.38 bits per heavy atom. The molecule has 0 aromatic heterocycles. The molecule has 0 fully saturated rings. The molecule has 0 unspecified atom stereocenters. The Balaban J connectivity index is 1.65. The number of nitrogens with one attached hydrogen (secondary N) is 2. The van der Waals surface area contributed by atoms with E-state index in [0.717, 1.165) is 12.8 Å². The first-order valence-electron chi connectivity index (χ1n) is 9.19. The van der Waals surface area contributed by atoms with Gasteiger partial charge in [0, 0.05) is 24.9 Å². The highest BCUT2D eigenvalue weighted by Crippen LogP contribution is 2.05. The molecule has 2 aromatic rings. The van der Waals surface area contributed by atoms with E-state index in [1.165, 1.54) is 11.1 Å². The summed E-state index contributed by atoms with van der Waals surface area (Å²) >= 11 is 0. The molecule has 4 heteroatoms. The molecular weight excluding hydrogens is 324 g/mol. The fourth-order valence-corrected chi connectivity index (χ4v) is 2.96. The lowest BCUT2D eigenvalue weighted by Gasteiger charge is -2.15. The summed E-state index contributed by atoms with van der Waals surface area (Å²) in [5, 5.41) is 5.92. The quantitative estimate of drug-likeness (QED) is 0.728. The minimum atomic E-state index is -0.0840. The highest BCUT2D eigenvalue weighted by atomic mass is 16.2. The van der Waals surface area contributed by atoms with E-state index in [1.807, 2.05) is 74.5 Å². The molecule has 0 spiro atoms. The first-order valence-corrected chi connectivity index (χ1v) is 9.19. The largest absolute Gasteiger partial charge is 0.353 e. The van der Waals surface area contributed by atoms with Crippen LogP contribution in [-0.2, 0) is 22.4 Å². The van der Waals surface area contributed by atoms with E-state index in [-0.39, 0.29) is 36.7 Å². The van der Waals surface area contributed by atoms with Crippen molar-refractivity contribution in [2.45, 2.75) is 51.6 Å². The van der Waals surface area contributed by atoms with E-state index in [0.29, 0.717) is 0 Å². The second-order valence-electron chi connectivity index (χ2n) is 6.82. The number of hydrogen-bond donors (Lipinski definition) is 2. The summed E-state index contributed by atoms with van der Waals surface area (Å²) in [7, 11) is 0. The van der Waals surface area contributed by atoms with Gasteiger partial charge in [0.2, 0.25) is 11.8 Å². The van der Waals surface area contributed by atoms with Crippen molar-refractivity contribution in [3.8, 4) is 0 Å². The lowest BCUT2D eigenvalue weighted by Crippen LogP contribution is -2.37. The molecule has 2 aromatic carbocycles. The van der Waals surface area contributed by atoms with Crippen LogP contribution >= 0.6 is 0 Å². The third-order valence-corrected chi connectivity index (χ3v) is 4.16. The molecule has 0 saturated heterocycles. The molecule has 138 valence electrons. The van der Waals surface area contributed by atoms with Gasteiger partial charge in [-0.2, -0.15) is 0 Å². The standard InChI is InChI=1S/C22H28N2O2/c1-17(15-19-9-5-3-6-10-19)23-21(25)13-14-22(26)24-18(2)16-20-11-7-4-8-12-20/h3-12,17-18H,13-16H2,1-2H3,(H,23,25)(H,24,26)/t17-,18-/m1/s1. The van der Waals surface area contributed by atoms with E-state index < -0.39 is 0 Å². The molecule has 0 bridgehead atoms. The average Bonchev–Trinajstić information content (AvgIpc) is 2.61. The molecule has 2 N–H and O–H groups in total. The van der Waals surface area contributed by atoms with Crippen LogP contribution in [0.25, 0.3) is 0 Å². The number of hydrogen-bond acceptors (Lipinski definition) is 2. The maximum absolute atomic E-state index is 12.0. The van der Waals surface area contributed by atoms with Crippen molar-refractivity contribution in [3.63, 3.8) is 0 Å². The number of amides is 2. The third kappa shape index (κ3) is 7.51. The SMILES string of the molecule is C[C@H](Cc1ccccc1)NC(=O)CCC(=O)N[C@H](C)Cc1ccccc1. The topological polar surface area (TPSA) is 58.2 Å². The van der Waals surface area contributed by atoms with Crippen molar-refractivity contribution >= 4 is 11.8 Å². The highest BCUT2D eigenvalue weighted by molar-refractivity contribution is 5.83. The molecule has 26 heavy (non-hydrogen) atoms. The smallest absolute Gasteiger partial charge is 0.220 e. The van der Waals surface area contributed by atoms with Crippen LogP contribution in [0.15, 0.2) is 60.7 Å². The molecular formula is C22H28N2O2. The molecule has 4 nitrogen and oxygen atoms in total. The second-order valence-corrected chi connectivity index (χ2v) is 6.82. The fraction of sp³-hybridized carbons (Fsp3) is 0.364. The zero-order valence-electron chi connectivity index (χ0n) is 15.6. The van der Waals surface area contributed by atoms with Crippen molar-refractivity contribution in [2.24, 2.45) is 0 Å². The summed E-state index contributed by atoms with van der Waals surface area (Å²) in [6, 6.07) is 20.2. The van der Waals surface area contributed by atoms with Gasteiger partial charge >= 0.3 is 0 Å². The van der Waals surface area contributed by atoms with Gasteiger partial charge in [-0.15, -0.1) is 0 Å². The van der Waals surface area contributed by atoms with E-state index in [2.05, 4.69) is 10.6 Å². The van der Waals surface area contributed by atoms with Gasteiger partial charge in [-0.1, -0.05) is 60.7 Å². The zero-order valence-corrected chi connectivity index (χ0v) is 15.6. The van der Waals surface area contributed by atoms with Crippen LogP contribution in [0.2, 0.25) is 0 Å². The van der Waals surface area contributed by atoms with E-state index in [9.17, 15) is 9.59 Å². The maximum atomic E-state index is 12.0. The van der Waals surface area contributed by atoms with Gasteiger partial charge in [0.25, 0.3) is 0 Å². The van der Waals surface area contributed by atoms with E-state index in [1.54, 1.807) is 0 Å². The van der Waals surface area contributed by atoms with Gasteiger partial charge in [0.1, 0.15) is 0 Å². The summed E-state index contributed by atoms with van der Waals surface area (Å²) in [5.41, 5.74) is 2.38. The van der Waals surface area contributed by atoms with Crippen LogP contribution in [0.3, 0.4) is 0 Å². The van der Waals surface area contributed by atoms with Gasteiger partial charge in [0.15, 0.2) is 0 Å². The van der Waals surface area contributed by atoms with Gasteiger partial charge in [-0.3, -0.25) is 9.59 Å². The van der Waals surface area contributed by atoms with Crippen LogP contribution in [-0.4, -0.2) is 23.9 Å². The number of carbonyl (C=O) groups is 2. The highest BCUT2D eigenvalue weighted by Gasteiger charge is 2.12. The normalized spacial score (nSPS) is 12.8. The third-order valence-electron chi connectivity index (χ3n) is 4.16. The molecule has 2 rings (SSSR count). The Labute approximate surface area is 156 Å². The fourth-order valence-electron chi connectivity index (χ4n) is 2.96. The summed E-state index contributed by atoms with van der Waals surface area (Å²) in [6.45, 7) is 3.96. The summed E-state index contributed by atoms with van der Waals surface area (Å²) in [6.07, 6.45) is 1.99. The Hall–Kier alpha value is -2.62.